The zero-order valence-corrected chi connectivity index (χ0v) is 23.9. The van der Waals surface area contributed by atoms with Crippen LogP contribution in [-0.2, 0) is 9.59 Å². The number of aromatic nitrogens is 2. The van der Waals surface area contributed by atoms with Crippen molar-refractivity contribution in [2.75, 3.05) is 24.3 Å². The lowest BCUT2D eigenvalue weighted by Gasteiger charge is -2.16. The molecule has 0 saturated heterocycles. The zero-order valence-electron chi connectivity index (χ0n) is 23.1. The number of nitrogens with one attached hydrogen (secondary N) is 3. The zero-order chi connectivity index (χ0) is 30.7. The van der Waals surface area contributed by atoms with Gasteiger partial charge in [0.2, 0.25) is 17.7 Å². The van der Waals surface area contributed by atoms with Crippen LogP contribution in [-0.4, -0.2) is 52.6 Å². The van der Waals surface area contributed by atoms with Crippen molar-refractivity contribution in [2.45, 2.75) is 25.9 Å². The highest BCUT2D eigenvalue weighted by molar-refractivity contribution is 6.32. The minimum absolute atomic E-state index is 0.0197. The SMILES string of the molecule is CNC(=O)c1cc2c(Oc3ncc(NC(=O)C4(C(=O)Nc5ccc(F)cc5)CC4)cc3Cl)ccnc2cc1OCC(C)O. The van der Waals surface area contributed by atoms with E-state index in [0.29, 0.717) is 35.2 Å². The third-order valence-electron chi connectivity index (χ3n) is 6.75. The molecule has 4 aromatic rings. The number of nitrogens with zero attached hydrogens (tertiary/aromatic N) is 2. The minimum atomic E-state index is -1.26. The van der Waals surface area contributed by atoms with Gasteiger partial charge in [-0.05, 0) is 62.2 Å². The van der Waals surface area contributed by atoms with Crippen LogP contribution in [0.1, 0.15) is 30.1 Å². The smallest absolute Gasteiger partial charge is 0.254 e. The second kappa shape index (κ2) is 12.2. The summed E-state index contributed by atoms with van der Waals surface area (Å²) in [4.78, 5) is 47.0. The van der Waals surface area contributed by atoms with Gasteiger partial charge in [-0.15, -0.1) is 0 Å². The maximum absolute atomic E-state index is 13.2. The normalized spacial score (nSPS) is 14.0. The molecule has 222 valence electrons. The van der Waals surface area contributed by atoms with Gasteiger partial charge < -0.3 is 30.5 Å². The first-order valence-corrected chi connectivity index (χ1v) is 13.6. The number of aliphatic hydroxyl groups is 1. The fourth-order valence-corrected chi connectivity index (χ4v) is 4.47. The fraction of sp³-hybridized carbons (Fsp3) is 0.233. The minimum Gasteiger partial charge on any atom is -0.490 e. The highest BCUT2D eigenvalue weighted by Gasteiger charge is 2.56. The van der Waals surface area contributed by atoms with Crippen LogP contribution < -0.4 is 25.4 Å². The van der Waals surface area contributed by atoms with Crippen LogP contribution in [0.4, 0.5) is 15.8 Å². The number of hydrogen-bond acceptors (Lipinski definition) is 8. The summed E-state index contributed by atoms with van der Waals surface area (Å²) >= 11 is 6.45. The molecule has 0 aliphatic heterocycles. The number of halogens is 2. The van der Waals surface area contributed by atoms with Crippen LogP contribution >= 0.6 is 11.6 Å². The Morgan fingerprint density at radius 2 is 1.72 bits per heavy atom. The van der Waals surface area contributed by atoms with E-state index in [-0.39, 0.29) is 34.5 Å². The monoisotopic (exact) mass is 607 g/mol. The molecule has 1 aliphatic rings. The number of fused-ring (bicyclic) bond motifs is 1. The second-order valence-corrected chi connectivity index (χ2v) is 10.4. The van der Waals surface area contributed by atoms with Crippen molar-refractivity contribution < 1.29 is 33.4 Å². The predicted octanol–water partition coefficient (Wildman–Crippen LogP) is 4.69. The molecular weight excluding hydrogens is 581 g/mol. The van der Waals surface area contributed by atoms with E-state index in [1.165, 1.54) is 49.8 Å². The van der Waals surface area contributed by atoms with Crippen molar-refractivity contribution in [1.82, 2.24) is 15.3 Å². The first-order valence-electron chi connectivity index (χ1n) is 13.3. The van der Waals surface area contributed by atoms with Gasteiger partial charge in [-0.1, -0.05) is 11.6 Å². The molecule has 1 fully saturated rings. The Bertz CT molecular complexity index is 1710. The Labute approximate surface area is 250 Å². The molecule has 43 heavy (non-hydrogen) atoms. The van der Waals surface area contributed by atoms with E-state index < -0.39 is 35.1 Å². The predicted molar refractivity (Wildman–Crippen MR) is 157 cm³/mol. The molecular formula is C30H27ClFN5O6. The maximum Gasteiger partial charge on any atom is 0.254 e. The lowest BCUT2D eigenvalue weighted by Crippen LogP contribution is -2.35. The summed E-state index contributed by atoms with van der Waals surface area (Å²) in [7, 11) is 1.48. The van der Waals surface area contributed by atoms with Crippen LogP contribution in [0, 0.1) is 11.2 Å². The van der Waals surface area contributed by atoms with Crippen LogP contribution in [0.15, 0.2) is 60.9 Å². The van der Waals surface area contributed by atoms with Crippen molar-refractivity contribution in [3.8, 4) is 17.4 Å². The molecule has 11 nitrogen and oxygen atoms in total. The van der Waals surface area contributed by atoms with E-state index in [1.54, 1.807) is 25.1 Å². The van der Waals surface area contributed by atoms with Gasteiger partial charge in [0.25, 0.3) is 5.91 Å². The highest BCUT2D eigenvalue weighted by atomic mass is 35.5. The number of carbonyl (C=O) groups is 3. The number of hydrogen-bond donors (Lipinski definition) is 4. The standard InChI is InChI=1S/C30H27ClFN5O6/c1-16(38)15-42-25-13-23-20(12-21(25)26(39)33-2)24(7-10-34-23)43-27-22(31)11-19(14-35-27)37-29(41)30(8-9-30)28(40)36-18-5-3-17(32)4-6-18/h3-7,10-14,16,38H,8-9,15H2,1-2H3,(H,33,39)(H,36,40)(H,37,41). The van der Waals surface area contributed by atoms with E-state index in [1.807, 2.05) is 0 Å². The summed E-state index contributed by atoms with van der Waals surface area (Å²) in [5.41, 5.74) is 0.0464. The summed E-state index contributed by atoms with van der Waals surface area (Å²) in [6.07, 6.45) is 2.81. The molecule has 0 radical (unpaired) electrons. The Kier molecular flexibility index (Phi) is 8.42. The maximum atomic E-state index is 13.2. The Balaban J connectivity index is 1.33. The van der Waals surface area contributed by atoms with E-state index in [0.717, 1.165) is 0 Å². The van der Waals surface area contributed by atoms with Gasteiger partial charge in [0.15, 0.2) is 0 Å². The summed E-state index contributed by atoms with van der Waals surface area (Å²) < 4.78 is 24.8. The molecule has 0 spiro atoms. The quantitative estimate of drug-likeness (QED) is 0.190. The van der Waals surface area contributed by atoms with Crippen molar-refractivity contribution >= 4 is 51.6 Å². The van der Waals surface area contributed by atoms with Crippen LogP contribution in [0.5, 0.6) is 17.4 Å². The van der Waals surface area contributed by atoms with Gasteiger partial charge in [0.05, 0.1) is 29.1 Å². The number of anilines is 2. The van der Waals surface area contributed by atoms with Gasteiger partial charge in [0.1, 0.15) is 34.4 Å². The van der Waals surface area contributed by atoms with E-state index in [9.17, 15) is 23.9 Å². The molecule has 3 amide bonds. The number of rotatable bonds is 10. The van der Waals surface area contributed by atoms with Crippen molar-refractivity contribution in [3.05, 3.63) is 77.3 Å². The highest BCUT2D eigenvalue weighted by Crippen LogP contribution is 2.47. The second-order valence-electron chi connectivity index (χ2n) is 10.0. The summed E-state index contributed by atoms with van der Waals surface area (Å²) in [6, 6.07) is 11.4. The molecule has 13 heteroatoms. The molecule has 2 aromatic carbocycles. The number of aliphatic hydroxyl groups excluding tert-OH is 1. The van der Waals surface area contributed by atoms with Crippen LogP contribution in [0.25, 0.3) is 10.9 Å². The molecule has 4 N–H and O–H groups in total. The Morgan fingerprint density at radius 3 is 2.35 bits per heavy atom. The summed E-state index contributed by atoms with van der Waals surface area (Å²) in [6.45, 7) is 1.54. The largest absolute Gasteiger partial charge is 0.490 e. The van der Waals surface area contributed by atoms with Crippen molar-refractivity contribution in [2.24, 2.45) is 5.41 Å². The van der Waals surface area contributed by atoms with Crippen LogP contribution in [0.2, 0.25) is 5.02 Å². The first-order chi connectivity index (χ1) is 20.6. The third-order valence-corrected chi connectivity index (χ3v) is 7.02. The molecule has 2 aromatic heterocycles. The summed E-state index contributed by atoms with van der Waals surface area (Å²) in [5, 5.41) is 18.1. The van der Waals surface area contributed by atoms with E-state index in [2.05, 4.69) is 25.9 Å². The molecule has 0 bridgehead atoms. The third kappa shape index (κ3) is 6.50. The molecule has 1 atom stereocenters. The van der Waals surface area contributed by atoms with E-state index >= 15 is 0 Å². The average molecular weight is 608 g/mol. The molecule has 1 unspecified atom stereocenters. The lowest BCUT2D eigenvalue weighted by atomic mass is 10.0. The van der Waals surface area contributed by atoms with Gasteiger partial charge in [-0.2, -0.15) is 0 Å². The Morgan fingerprint density at radius 1 is 1.02 bits per heavy atom. The van der Waals surface area contributed by atoms with Crippen molar-refractivity contribution in [3.63, 3.8) is 0 Å². The van der Waals surface area contributed by atoms with Gasteiger partial charge in [0, 0.05) is 30.4 Å². The topological polar surface area (TPSA) is 152 Å². The van der Waals surface area contributed by atoms with Gasteiger partial charge in [-0.25, -0.2) is 9.37 Å². The van der Waals surface area contributed by atoms with Crippen molar-refractivity contribution in [1.29, 1.82) is 0 Å². The summed E-state index contributed by atoms with van der Waals surface area (Å²) in [5.74, 6) is -1.28. The van der Waals surface area contributed by atoms with Crippen LogP contribution in [0.3, 0.4) is 0 Å². The average Bonchev–Trinajstić information content (AvgIpc) is 3.80. The molecule has 2 heterocycles. The van der Waals surface area contributed by atoms with Gasteiger partial charge >= 0.3 is 0 Å². The first kappa shape index (κ1) is 29.7. The lowest BCUT2D eigenvalue weighted by molar-refractivity contribution is -0.131. The number of amides is 3. The van der Waals surface area contributed by atoms with E-state index in [4.69, 9.17) is 21.1 Å². The number of pyridine rings is 2. The Hall–Kier alpha value is -4.81. The molecule has 1 aliphatic carbocycles. The molecule has 1 saturated carbocycles. The fourth-order valence-electron chi connectivity index (χ4n) is 4.27. The number of ether oxygens (including phenoxy) is 2. The number of carbonyl (C=O) groups excluding carboxylic acids is 3. The molecule has 5 rings (SSSR count). The number of benzene rings is 2. The van der Waals surface area contributed by atoms with Gasteiger partial charge in [-0.3, -0.25) is 19.4 Å².